The highest BCUT2D eigenvalue weighted by Crippen LogP contribution is 2.11. The topological polar surface area (TPSA) is 72.6 Å². The Balaban J connectivity index is 2.70. The number of carbonyl (C=O) groups is 1. The maximum Gasteiger partial charge on any atom is 0.360 e. The average Bonchev–Trinajstić information content (AvgIpc) is 2.48. The van der Waals surface area contributed by atoms with Crippen LogP contribution in [0.3, 0.4) is 0 Å². The fourth-order valence-electron chi connectivity index (χ4n) is 0.808. The summed E-state index contributed by atoms with van der Waals surface area (Å²) in [6.45, 7) is 4.95. The third-order valence-electron chi connectivity index (χ3n) is 1.30. The molecule has 1 N–H and O–H groups in total. The number of hydrogen-bond acceptors (Lipinski definition) is 5. The predicted molar refractivity (Wildman–Crippen MR) is 47.6 cm³/mol. The van der Waals surface area contributed by atoms with Crippen molar-refractivity contribution in [3.63, 3.8) is 0 Å². The van der Waals surface area contributed by atoms with E-state index in [0.29, 0.717) is 0 Å². The van der Waals surface area contributed by atoms with E-state index in [1.807, 2.05) is 0 Å². The van der Waals surface area contributed by atoms with Gasteiger partial charge in [-0.15, -0.1) is 0 Å². The standard InChI is InChI=1S/C9H13NO4/c1-9(2,3)14-8(12)6-5-13-7(4-11)10-6/h5,11H,4H2,1-3H3. The van der Waals surface area contributed by atoms with Crippen LogP contribution in [0.5, 0.6) is 0 Å². The summed E-state index contributed by atoms with van der Waals surface area (Å²) in [4.78, 5) is 15.1. The lowest BCUT2D eigenvalue weighted by atomic mass is 10.2. The van der Waals surface area contributed by atoms with Crippen LogP contribution >= 0.6 is 0 Å². The third kappa shape index (κ3) is 2.85. The van der Waals surface area contributed by atoms with Crippen molar-refractivity contribution in [1.82, 2.24) is 4.98 Å². The molecule has 0 amide bonds. The lowest BCUT2D eigenvalue weighted by molar-refractivity contribution is 0.00627. The Morgan fingerprint density at radius 1 is 1.64 bits per heavy atom. The van der Waals surface area contributed by atoms with Gasteiger partial charge in [-0.3, -0.25) is 0 Å². The zero-order valence-corrected chi connectivity index (χ0v) is 8.40. The van der Waals surface area contributed by atoms with E-state index >= 15 is 0 Å². The summed E-state index contributed by atoms with van der Waals surface area (Å²) >= 11 is 0. The highest BCUT2D eigenvalue weighted by atomic mass is 16.6. The van der Waals surface area contributed by atoms with Crippen molar-refractivity contribution in [3.8, 4) is 0 Å². The molecule has 5 heteroatoms. The number of ether oxygens (including phenoxy) is 1. The number of nitrogens with zero attached hydrogens (tertiary/aromatic N) is 1. The van der Waals surface area contributed by atoms with Gasteiger partial charge in [0.1, 0.15) is 18.5 Å². The van der Waals surface area contributed by atoms with Crippen LogP contribution in [0.1, 0.15) is 37.2 Å². The normalized spacial score (nSPS) is 11.4. The molecule has 0 saturated heterocycles. The Bertz CT molecular complexity index is 324. The van der Waals surface area contributed by atoms with Gasteiger partial charge in [0.2, 0.25) is 5.89 Å². The Morgan fingerprint density at radius 3 is 2.71 bits per heavy atom. The smallest absolute Gasteiger partial charge is 0.360 e. The van der Waals surface area contributed by atoms with Gasteiger partial charge in [0.05, 0.1) is 0 Å². The number of hydrogen-bond donors (Lipinski definition) is 1. The molecule has 0 aliphatic carbocycles. The molecule has 0 aromatic carbocycles. The first-order valence-corrected chi connectivity index (χ1v) is 4.21. The summed E-state index contributed by atoms with van der Waals surface area (Å²) in [5.41, 5.74) is -0.487. The molecule has 0 unspecified atom stereocenters. The van der Waals surface area contributed by atoms with E-state index in [9.17, 15) is 4.79 Å². The van der Waals surface area contributed by atoms with Crippen molar-refractivity contribution in [2.75, 3.05) is 0 Å². The third-order valence-corrected chi connectivity index (χ3v) is 1.30. The maximum absolute atomic E-state index is 11.4. The predicted octanol–water partition coefficient (Wildman–Crippen LogP) is 1.12. The van der Waals surface area contributed by atoms with Gasteiger partial charge in [-0.1, -0.05) is 0 Å². The van der Waals surface area contributed by atoms with E-state index in [4.69, 9.17) is 14.3 Å². The second-order valence-corrected chi connectivity index (χ2v) is 3.79. The lowest BCUT2D eigenvalue weighted by Crippen LogP contribution is -2.24. The highest BCUT2D eigenvalue weighted by molar-refractivity contribution is 5.87. The van der Waals surface area contributed by atoms with E-state index in [1.165, 1.54) is 6.26 Å². The number of aliphatic hydroxyl groups excluding tert-OH is 1. The van der Waals surface area contributed by atoms with Crippen LogP contribution in [0.15, 0.2) is 10.7 Å². The number of esters is 1. The molecule has 0 bridgehead atoms. The molecule has 0 saturated carbocycles. The van der Waals surface area contributed by atoms with Crippen LogP contribution in [-0.4, -0.2) is 21.7 Å². The van der Waals surface area contributed by atoms with E-state index in [2.05, 4.69) is 4.98 Å². The number of carbonyl (C=O) groups excluding carboxylic acids is 1. The minimum absolute atomic E-state index is 0.0731. The molecular weight excluding hydrogens is 186 g/mol. The number of aliphatic hydroxyl groups is 1. The molecule has 1 heterocycles. The summed E-state index contributed by atoms with van der Waals surface area (Å²) < 4.78 is 9.83. The highest BCUT2D eigenvalue weighted by Gasteiger charge is 2.20. The number of aromatic nitrogens is 1. The van der Waals surface area contributed by atoms with Gasteiger partial charge in [-0.25, -0.2) is 9.78 Å². The number of rotatable bonds is 2. The van der Waals surface area contributed by atoms with E-state index in [-0.39, 0.29) is 18.2 Å². The maximum atomic E-state index is 11.4. The van der Waals surface area contributed by atoms with Crippen LogP contribution < -0.4 is 0 Å². The Kier molecular flexibility index (Phi) is 2.90. The van der Waals surface area contributed by atoms with Crippen LogP contribution in [-0.2, 0) is 11.3 Å². The monoisotopic (exact) mass is 199 g/mol. The largest absolute Gasteiger partial charge is 0.455 e. The minimum Gasteiger partial charge on any atom is -0.455 e. The van der Waals surface area contributed by atoms with Crippen LogP contribution in [0, 0.1) is 0 Å². The van der Waals surface area contributed by atoms with Gasteiger partial charge in [-0.05, 0) is 20.8 Å². The van der Waals surface area contributed by atoms with Crippen molar-refractivity contribution >= 4 is 5.97 Å². The molecule has 1 aromatic rings. The lowest BCUT2D eigenvalue weighted by Gasteiger charge is -2.18. The van der Waals surface area contributed by atoms with Crippen LogP contribution in [0.2, 0.25) is 0 Å². The Hall–Kier alpha value is -1.36. The van der Waals surface area contributed by atoms with Gasteiger partial charge in [0, 0.05) is 0 Å². The molecule has 0 atom stereocenters. The van der Waals surface area contributed by atoms with Gasteiger partial charge in [0.15, 0.2) is 5.69 Å². The molecule has 0 aliphatic rings. The quantitative estimate of drug-likeness (QED) is 0.722. The first kappa shape index (κ1) is 10.7. The molecule has 5 nitrogen and oxygen atoms in total. The molecule has 0 fully saturated rings. The molecule has 0 radical (unpaired) electrons. The summed E-state index contributed by atoms with van der Waals surface area (Å²) in [6.07, 6.45) is 1.17. The van der Waals surface area contributed by atoms with Crippen molar-refractivity contribution in [1.29, 1.82) is 0 Å². The zero-order valence-electron chi connectivity index (χ0n) is 8.40. The molecule has 14 heavy (non-hydrogen) atoms. The molecule has 78 valence electrons. The van der Waals surface area contributed by atoms with Crippen molar-refractivity contribution in [2.45, 2.75) is 33.0 Å². The van der Waals surface area contributed by atoms with Gasteiger partial charge >= 0.3 is 5.97 Å². The summed E-state index contributed by atoms with van der Waals surface area (Å²) in [6, 6.07) is 0. The van der Waals surface area contributed by atoms with Gasteiger partial charge < -0.3 is 14.3 Å². The van der Waals surface area contributed by atoms with Gasteiger partial charge in [-0.2, -0.15) is 0 Å². The Morgan fingerprint density at radius 2 is 2.29 bits per heavy atom. The zero-order chi connectivity index (χ0) is 10.8. The van der Waals surface area contributed by atoms with Crippen molar-refractivity contribution in [3.05, 3.63) is 17.8 Å². The number of oxazole rings is 1. The average molecular weight is 199 g/mol. The summed E-state index contributed by atoms with van der Waals surface area (Å²) in [5, 5.41) is 8.66. The first-order valence-electron chi connectivity index (χ1n) is 4.21. The fraction of sp³-hybridized carbons (Fsp3) is 0.556. The first-order chi connectivity index (χ1) is 6.42. The molecule has 1 rings (SSSR count). The van der Waals surface area contributed by atoms with Crippen molar-refractivity contribution in [2.24, 2.45) is 0 Å². The fourth-order valence-corrected chi connectivity index (χ4v) is 0.808. The van der Waals surface area contributed by atoms with E-state index in [0.717, 1.165) is 0 Å². The SMILES string of the molecule is CC(C)(C)OC(=O)c1coc(CO)n1. The minimum atomic E-state index is -0.560. The molecule has 0 spiro atoms. The van der Waals surface area contributed by atoms with E-state index < -0.39 is 11.6 Å². The summed E-state index contributed by atoms with van der Waals surface area (Å²) in [7, 11) is 0. The van der Waals surface area contributed by atoms with Crippen LogP contribution in [0.4, 0.5) is 0 Å². The second kappa shape index (κ2) is 3.79. The second-order valence-electron chi connectivity index (χ2n) is 3.79. The van der Waals surface area contributed by atoms with Crippen molar-refractivity contribution < 1.29 is 19.1 Å². The molecular formula is C9H13NO4. The Labute approximate surface area is 81.7 Å². The molecule has 1 aromatic heterocycles. The van der Waals surface area contributed by atoms with Crippen LogP contribution in [0.25, 0.3) is 0 Å². The molecule has 0 aliphatic heterocycles. The van der Waals surface area contributed by atoms with E-state index in [1.54, 1.807) is 20.8 Å². The van der Waals surface area contributed by atoms with Gasteiger partial charge in [0.25, 0.3) is 0 Å². The summed E-state index contributed by atoms with van der Waals surface area (Å²) in [5.74, 6) is -0.452.